The zero-order chi connectivity index (χ0) is 41.5. The summed E-state index contributed by atoms with van der Waals surface area (Å²) >= 11 is 0. The molecule has 4 aliphatic heterocycles. The molecular formula is C51H52N4O6. The van der Waals surface area contributed by atoms with Crippen molar-refractivity contribution in [3.05, 3.63) is 130 Å². The fourth-order valence-electron chi connectivity index (χ4n) is 9.60. The van der Waals surface area contributed by atoms with Crippen LogP contribution in [0.3, 0.4) is 0 Å². The highest BCUT2D eigenvalue weighted by Gasteiger charge is 2.38. The molecule has 4 heterocycles. The third kappa shape index (κ3) is 7.68. The number of para-hydroxylation sites is 2. The highest BCUT2D eigenvalue weighted by Crippen LogP contribution is 2.42. The highest BCUT2D eigenvalue weighted by atomic mass is 16.5. The number of carbonyl (C=O) groups excluding carboxylic acids is 2. The lowest BCUT2D eigenvalue weighted by Crippen LogP contribution is -2.39. The Hall–Kier alpha value is -6.29. The number of aryl methyl sites for hydroxylation is 1. The summed E-state index contributed by atoms with van der Waals surface area (Å²) < 4.78 is 25.2. The Morgan fingerprint density at radius 2 is 1.44 bits per heavy atom. The molecule has 5 aliphatic rings. The predicted molar refractivity (Wildman–Crippen MR) is 239 cm³/mol. The highest BCUT2D eigenvalue weighted by molar-refractivity contribution is 6.15. The predicted octanol–water partition coefficient (Wildman–Crippen LogP) is 10.2. The molecule has 0 bridgehead atoms. The molecule has 0 saturated heterocycles. The van der Waals surface area contributed by atoms with Gasteiger partial charge in [-0.2, -0.15) is 0 Å². The molecule has 0 radical (unpaired) electrons. The lowest BCUT2D eigenvalue weighted by Gasteiger charge is -2.24. The maximum atomic E-state index is 14.0. The molecule has 0 spiro atoms. The van der Waals surface area contributed by atoms with Gasteiger partial charge in [0.15, 0.2) is 11.5 Å². The number of benzene rings is 5. The first kappa shape index (κ1) is 38.9. The van der Waals surface area contributed by atoms with E-state index in [1.807, 2.05) is 83.6 Å². The zero-order valence-electron chi connectivity index (χ0n) is 35.0. The van der Waals surface area contributed by atoms with Gasteiger partial charge < -0.3 is 29.2 Å². The van der Waals surface area contributed by atoms with Crippen LogP contribution >= 0.6 is 0 Å². The molecule has 10 heteroatoms. The molecule has 1 aliphatic carbocycles. The number of aliphatic imine (C=N–C) groups is 1. The lowest BCUT2D eigenvalue weighted by atomic mass is 9.82. The molecule has 10 rings (SSSR count). The van der Waals surface area contributed by atoms with Gasteiger partial charge in [-0.25, -0.2) is 0 Å². The van der Waals surface area contributed by atoms with Crippen LogP contribution < -0.4 is 34.1 Å². The van der Waals surface area contributed by atoms with Gasteiger partial charge in [0.25, 0.3) is 11.8 Å². The minimum atomic E-state index is -0.150. The molecule has 0 unspecified atom stereocenters. The Labute approximate surface area is 357 Å². The summed E-state index contributed by atoms with van der Waals surface area (Å²) in [5.74, 6) is 3.26. The van der Waals surface area contributed by atoms with Gasteiger partial charge in [-0.15, -0.1) is 0 Å². The Bertz CT molecular complexity index is 2530. The van der Waals surface area contributed by atoms with Crippen LogP contribution in [0.4, 0.5) is 22.7 Å². The van der Waals surface area contributed by atoms with Crippen molar-refractivity contribution in [2.45, 2.75) is 90.0 Å². The van der Waals surface area contributed by atoms with E-state index in [0.717, 1.165) is 76.7 Å². The van der Waals surface area contributed by atoms with Crippen molar-refractivity contribution < 1.29 is 28.5 Å². The van der Waals surface area contributed by atoms with Crippen LogP contribution in [0.25, 0.3) is 0 Å². The number of methoxy groups -OCH3 is 1. The summed E-state index contributed by atoms with van der Waals surface area (Å²) in [6, 6.07) is 29.7. The van der Waals surface area contributed by atoms with Gasteiger partial charge in [0, 0.05) is 42.7 Å². The molecule has 312 valence electrons. The van der Waals surface area contributed by atoms with Crippen molar-refractivity contribution in [1.29, 1.82) is 0 Å². The maximum Gasteiger partial charge on any atom is 0.261 e. The number of hydrogen-bond donors (Lipinski definition) is 1. The van der Waals surface area contributed by atoms with Crippen molar-refractivity contribution in [1.82, 2.24) is 0 Å². The Morgan fingerprint density at radius 1 is 0.721 bits per heavy atom. The summed E-state index contributed by atoms with van der Waals surface area (Å²) in [5.41, 5.74) is 9.44. The van der Waals surface area contributed by atoms with Gasteiger partial charge in [-0.3, -0.25) is 19.5 Å². The summed E-state index contributed by atoms with van der Waals surface area (Å²) in [6.07, 6.45) is 12.3. The second-order valence-electron chi connectivity index (χ2n) is 17.1. The minimum Gasteiger partial charge on any atom is -0.494 e. The largest absolute Gasteiger partial charge is 0.494 e. The topological polar surface area (TPSA) is 102 Å². The first-order valence-corrected chi connectivity index (χ1v) is 21.9. The van der Waals surface area contributed by atoms with E-state index in [4.69, 9.17) is 23.9 Å². The Kier molecular flexibility index (Phi) is 10.6. The molecule has 1 saturated carbocycles. The van der Waals surface area contributed by atoms with Crippen LogP contribution in [0.2, 0.25) is 0 Å². The fraction of sp³-hybridized carbons (Fsp3) is 0.353. The Balaban J connectivity index is 0.866. The van der Waals surface area contributed by atoms with E-state index in [0.29, 0.717) is 53.8 Å². The van der Waals surface area contributed by atoms with Gasteiger partial charge in [-0.05, 0) is 96.0 Å². The number of amides is 2. The molecule has 1 fully saturated rings. The molecule has 2 atom stereocenters. The third-order valence-electron chi connectivity index (χ3n) is 13.1. The standard InChI is InChI=1S/C51H52N4O6/c1-32-19-41-43(52-28-38-23-36-14-5-7-16-45(36)54(38)50(41)56)26-47(32)60-30-34-20-35(22-40(21-34)59-18-9-3-4-11-33-12-10-13-33)31-61-49-27-44-42(25-48(49)58-2)51(57)55-39(29-53-44)24-37-15-6-8-17-46(37)55/h5-8,14-17,19-22,25-27,29,33,38-39,52H,3-4,9-13,18,23-24,28,30-31H2,1-2H3/t38-,39-/m0/s1. The molecule has 1 N–H and O–H groups in total. The van der Waals surface area contributed by atoms with Crippen molar-refractivity contribution in [3.63, 3.8) is 0 Å². The molecule has 5 aromatic carbocycles. The van der Waals surface area contributed by atoms with E-state index in [-0.39, 0.29) is 30.5 Å². The van der Waals surface area contributed by atoms with Crippen LogP contribution in [0.5, 0.6) is 23.0 Å². The van der Waals surface area contributed by atoms with Crippen LogP contribution in [0.1, 0.15) is 93.5 Å². The van der Waals surface area contributed by atoms with Gasteiger partial charge in [0.2, 0.25) is 0 Å². The number of unbranched alkanes of at least 4 members (excludes halogenated alkanes) is 2. The summed E-state index contributed by atoms with van der Waals surface area (Å²) in [5, 5.41) is 3.56. The van der Waals surface area contributed by atoms with E-state index >= 15 is 0 Å². The summed E-state index contributed by atoms with van der Waals surface area (Å²) in [4.78, 5) is 36.5. The van der Waals surface area contributed by atoms with Crippen molar-refractivity contribution in [2.75, 3.05) is 35.4 Å². The summed E-state index contributed by atoms with van der Waals surface area (Å²) in [6.45, 7) is 3.80. The maximum absolute atomic E-state index is 14.0. The van der Waals surface area contributed by atoms with Crippen LogP contribution in [0.15, 0.2) is 96.0 Å². The first-order valence-electron chi connectivity index (χ1n) is 21.9. The lowest BCUT2D eigenvalue weighted by molar-refractivity contribution is 0.0977. The number of anilines is 3. The van der Waals surface area contributed by atoms with Crippen LogP contribution in [0, 0.1) is 12.8 Å². The van der Waals surface area contributed by atoms with Gasteiger partial charge in [0.1, 0.15) is 24.7 Å². The number of rotatable bonds is 14. The second kappa shape index (κ2) is 16.6. The monoisotopic (exact) mass is 816 g/mol. The quantitative estimate of drug-likeness (QED) is 0.111. The average molecular weight is 817 g/mol. The average Bonchev–Trinajstić information content (AvgIpc) is 3.75. The zero-order valence-corrected chi connectivity index (χ0v) is 35.0. The van der Waals surface area contributed by atoms with Crippen LogP contribution in [-0.2, 0) is 26.1 Å². The number of carbonyl (C=O) groups is 2. The molecular weight excluding hydrogens is 765 g/mol. The van der Waals surface area contributed by atoms with E-state index in [1.165, 1.54) is 37.7 Å². The molecule has 10 nitrogen and oxygen atoms in total. The normalized spacial score (nSPS) is 18.4. The molecule has 2 amide bonds. The first-order chi connectivity index (χ1) is 29.9. The molecule has 5 aromatic rings. The SMILES string of the molecule is COc1cc2c(cc1OCc1cc(COc3cc4c(cc3C)C(=O)N3c5ccccc5C[C@H]3CN4)cc(OCCCCCC3CCC3)c1)N=C[C@@H]1Cc3ccccc3N1C2=O. The van der Waals surface area contributed by atoms with E-state index in [2.05, 4.69) is 23.5 Å². The van der Waals surface area contributed by atoms with Crippen molar-refractivity contribution in [3.8, 4) is 23.0 Å². The Morgan fingerprint density at radius 3 is 2.20 bits per heavy atom. The van der Waals surface area contributed by atoms with Crippen molar-refractivity contribution >= 4 is 40.8 Å². The summed E-state index contributed by atoms with van der Waals surface area (Å²) in [7, 11) is 1.58. The second-order valence-corrected chi connectivity index (χ2v) is 17.1. The number of hydrogen-bond acceptors (Lipinski definition) is 8. The smallest absolute Gasteiger partial charge is 0.261 e. The molecule has 0 aromatic heterocycles. The number of nitrogens with one attached hydrogen (secondary N) is 1. The van der Waals surface area contributed by atoms with Gasteiger partial charge >= 0.3 is 0 Å². The fourth-order valence-corrected chi connectivity index (χ4v) is 9.60. The van der Waals surface area contributed by atoms with Gasteiger partial charge in [0.05, 0.1) is 48.3 Å². The number of ether oxygens (including phenoxy) is 4. The molecule has 61 heavy (non-hydrogen) atoms. The minimum absolute atomic E-state index is 0.0118. The number of fused-ring (bicyclic) bond motifs is 8. The van der Waals surface area contributed by atoms with Gasteiger partial charge in [-0.1, -0.05) is 74.9 Å². The van der Waals surface area contributed by atoms with E-state index < -0.39 is 0 Å². The third-order valence-corrected chi connectivity index (χ3v) is 13.1. The van der Waals surface area contributed by atoms with E-state index in [9.17, 15) is 9.59 Å². The van der Waals surface area contributed by atoms with Crippen molar-refractivity contribution in [2.24, 2.45) is 10.9 Å². The number of nitrogens with zero attached hydrogens (tertiary/aromatic N) is 3. The van der Waals surface area contributed by atoms with Crippen LogP contribution in [-0.4, -0.2) is 50.4 Å². The van der Waals surface area contributed by atoms with E-state index in [1.54, 1.807) is 19.2 Å².